The molecular weight excluding hydrogens is 342 g/mol. The molecule has 2 heterocycles. The van der Waals surface area contributed by atoms with Crippen LogP contribution >= 0.6 is 0 Å². The number of aryl methyl sites for hydroxylation is 1. The minimum absolute atomic E-state index is 0.0826. The molecule has 1 unspecified atom stereocenters. The van der Waals surface area contributed by atoms with E-state index in [0.717, 1.165) is 48.8 Å². The molecule has 2 aromatic rings. The molecular formula is C21H27N3O3. The number of methoxy groups -OCH3 is 1. The molecule has 1 aliphatic rings. The van der Waals surface area contributed by atoms with Crippen molar-refractivity contribution in [3.8, 4) is 11.5 Å². The van der Waals surface area contributed by atoms with Gasteiger partial charge in [0.1, 0.15) is 17.6 Å². The van der Waals surface area contributed by atoms with Crippen molar-refractivity contribution in [3.05, 3.63) is 53.3 Å². The van der Waals surface area contributed by atoms with Gasteiger partial charge in [-0.25, -0.2) is 0 Å². The minimum Gasteiger partial charge on any atom is -0.497 e. The van der Waals surface area contributed by atoms with Crippen LogP contribution in [0, 0.1) is 6.92 Å². The van der Waals surface area contributed by atoms with Crippen LogP contribution in [0.25, 0.3) is 0 Å². The number of nitrogens with one attached hydrogen (secondary N) is 1. The maximum atomic E-state index is 12.4. The largest absolute Gasteiger partial charge is 0.497 e. The van der Waals surface area contributed by atoms with E-state index in [1.165, 1.54) is 0 Å². The van der Waals surface area contributed by atoms with Crippen LogP contribution in [-0.4, -0.2) is 48.6 Å². The number of benzene rings is 1. The fraction of sp³-hybridized carbons (Fsp3) is 0.429. The second-order valence-electron chi connectivity index (χ2n) is 6.75. The Morgan fingerprint density at radius 1 is 1.41 bits per heavy atom. The molecule has 1 atom stereocenters. The van der Waals surface area contributed by atoms with E-state index in [1.54, 1.807) is 25.4 Å². The Morgan fingerprint density at radius 3 is 3.00 bits per heavy atom. The summed E-state index contributed by atoms with van der Waals surface area (Å²) in [6, 6.07) is 9.51. The number of fused-ring (bicyclic) bond motifs is 1. The summed E-state index contributed by atoms with van der Waals surface area (Å²) >= 11 is 0. The predicted molar refractivity (Wildman–Crippen MR) is 104 cm³/mol. The number of ether oxygens (including phenoxy) is 2. The molecule has 0 spiro atoms. The van der Waals surface area contributed by atoms with Crippen molar-refractivity contribution >= 4 is 5.91 Å². The molecule has 0 aliphatic carbocycles. The molecule has 3 rings (SSSR count). The molecule has 0 radical (unpaired) electrons. The van der Waals surface area contributed by atoms with Gasteiger partial charge in [-0.1, -0.05) is 6.92 Å². The first-order valence-corrected chi connectivity index (χ1v) is 9.36. The number of amides is 1. The van der Waals surface area contributed by atoms with Crippen molar-refractivity contribution in [1.82, 2.24) is 15.2 Å². The number of pyridine rings is 1. The molecule has 1 aliphatic heterocycles. The van der Waals surface area contributed by atoms with E-state index < -0.39 is 0 Å². The highest BCUT2D eigenvalue weighted by Crippen LogP contribution is 2.29. The highest BCUT2D eigenvalue weighted by Gasteiger charge is 2.22. The lowest BCUT2D eigenvalue weighted by Gasteiger charge is -2.23. The fourth-order valence-electron chi connectivity index (χ4n) is 3.26. The molecule has 0 saturated heterocycles. The van der Waals surface area contributed by atoms with Crippen LogP contribution in [0.15, 0.2) is 36.5 Å². The molecule has 0 saturated carbocycles. The topological polar surface area (TPSA) is 63.7 Å². The van der Waals surface area contributed by atoms with Crippen LogP contribution in [0.4, 0.5) is 0 Å². The first-order chi connectivity index (χ1) is 13.1. The number of hydrogen-bond acceptors (Lipinski definition) is 5. The summed E-state index contributed by atoms with van der Waals surface area (Å²) in [5, 5.41) is 3.00. The summed E-state index contributed by atoms with van der Waals surface area (Å²) in [7, 11) is 1.67. The Labute approximate surface area is 160 Å². The third-order valence-corrected chi connectivity index (χ3v) is 4.84. The molecule has 0 bridgehead atoms. The Hall–Kier alpha value is -2.60. The minimum atomic E-state index is -0.0826. The summed E-state index contributed by atoms with van der Waals surface area (Å²) in [6.45, 7) is 6.89. The summed E-state index contributed by atoms with van der Waals surface area (Å²) in [4.78, 5) is 18.9. The van der Waals surface area contributed by atoms with E-state index in [0.29, 0.717) is 12.1 Å². The van der Waals surface area contributed by atoms with Crippen molar-refractivity contribution in [1.29, 1.82) is 0 Å². The standard InChI is InChI=1S/C21H27N3O3/c1-4-17-14-24(13-16-12-18(26-3)7-8-20(16)27-17)11-10-23-21(25)19-6-5-9-22-15(19)2/h5-9,12,17H,4,10-11,13-14H2,1-3H3,(H,23,25). The summed E-state index contributed by atoms with van der Waals surface area (Å²) in [5.41, 5.74) is 2.48. The van der Waals surface area contributed by atoms with Gasteiger partial charge in [0.15, 0.2) is 0 Å². The summed E-state index contributed by atoms with van der Waals surface area (Å²) in [6.07, 6.45) is 2.76. The number of carbonyl (C=O) groups excluding carboxylic acids is 1. The summed E-state index contributed by atoms with van der Waals surface area (Å²) in [5.74, 6) is 1.66. The van der Waals surface area contributed by atoms with Crippen molar-refractivity contribution in [2.45, 2.75) is 32.9 Å². The van der Waals surface area contributed by atoms with E-state index in [1.807, 2.05) is 25.1 Å². The van der Waals surface area contributed by atoms with E-state index in [-0.39, 0.29) is 12.0 Å². The lowest BCUT2D eigenvalue weighted by atomic mass is 10.1. The first-order valence-electron chi connectivity index (χ1n) is 9.36. The van der Waals surface area contributed by atoms with Crippen molar-refractivity contribution < 1.29 is 14.3 Å². The average Bonchev–Trinajstić information content (AvgIpc) is 2.86. The molecule has 27 heavy (non-hydrogen) atoms. The zero-order valence-corrected chi connectivity index (χ0v) is 16.2. The zero-order chi connectivity index (χ0) is 19.2. The third kappa shape index (κ3) is 4.77. The van der Waals surface area contributed by atoms with Gasteiger partial charge in [0, 0.05) is 43.6 Å². The van der Waals surface area contributed by atoms with Gasteiger partial charge in [-0.2, -0.15) is 0 Å². The van der Waals surface area contributed by atoms with Gasteiger partial charge in [0.2, 0.25) is 0 Å². The second-order valence-corrected chi connectivity index (χ2v) is 6.75. The molecule has 6 nitrogen and oxygen atoms in total. The van der Waals surface area contributed by atoms with E-state index in [9.17, 15) is 4.79 Å². The molecule has 1 aromatic heterocycles. The number of aromatic nitrogens is 1. The molecule has 6 heteroatoms. The maximum Gasteiger partial charge on any atom is 0.253 e. The smallest absolute Gasteiger partial charge is 0.253 e. The monoisotopic (exact) mass is 369 g/mol. The second kappa shape index (κ2) is 8.86. The van der Waals surface area contributed by atoms with Crippen molar-refractivity contribution in [3.63, 3.8) is 0 Å². The lowest BCUT2D eigenvalue weighted by Crippen LogP contribution is -2.38. The Bertz CT molecular complexity index is 794. The molecule has 1 amide bonds. The van der Waals surface area contributed by atoms with Gasteiger partial charge in [-0.05, 0) is 43.7 Å². The summed E-state index contributed by atoms with van der Waals surface area (Å²) < 4.78 is 11.5. The third-order valence-electron chi connectivity index (χ3n) is 4.84. The maximum absolute atomic E-state index is 12.4. The van der Waals surface area contributed by atoms with Crippen LogP contribution in [0.3, 0.4) is 0 Å². The number of nitrogens with zero attached hydrogens (tertiary/aromatic N) is 2. The van der Waals surface area contributed by atoms with E-state index in [4.69, 9.17) is 9.47 Å². The SMILES string of the molecule is CCC1CN(CCNC(=O)c2cccnc2C)Cc2cc(OC)ccc2O1. The molecule has 0 fully saturated rings. The molecule has 144 valence electrons. The first kappa shape index (κ1) is 19.2. The van der Waals surface area contributed by atoms with Crippen LogP contribution in [0.1, 0.15) is 35.0 Å². The van der Waals surface area contributed by atoms with Crippen molar-refractivity contribution in [2.24, 2.45) is 0 Å². The van der Waals surface area contributed by atoms with Crippen LogP contribution < -0.4 is 14.8 Å². The van der Waals surface area contributed by atoms with Gasteiger partial charge in [0.25, 0.3) is 5.91 Å². The van der Waals surface area contributed by atoms with Crippen molar-refractivity contribution in [2.75, 3.05) is 26.7 Å². The fourth-order valence-corrected chi connectivity index (χ4v) is 3.26. The highest BCUT2D eigenvalue weighted by molar-refractivity contribution is 5.95. The Balaban J connectivity index is 1.63. The van der Waals surface area contributed by atoms with Gasteiger partial charge in [-0.3, -0.25) is 14.7 Å². The average molecular weight is 369 g/mol. The number of rotatable bonds is 6. The van der Waals surface area contributed by atoms with Gasteiger partial charge < -0.3 is 14.8 Å². The van der Waals surface area contributed by atoms with Gasteiger partial charge >= 0.3 is 0 Å². The van der Waals surface area contributed by atoms with Crippen LogP contribution in [0.2, 0.25) is 0 Å². The van der Waals surface area contributed by atoms with E-state index in [2.05, 4.69) is 22.1 Å². The molecule has 1 N–H and O–H groups in total. The molecule has 1 aromatic carbocycles. The van der Waals surface area contributed by atoms with Gasteiger partial charge in [0.05, 0.1) is 12.7 Å². The Kier molecular flexibility index (Phi) is 6.29. The van der Waals surface area contributed by atoms with Crippen LogP contribution in [0.5, 0.6) is 11.5 Å². The number of hydrogen-bond donors (Lipinski definition) is 1. The van der Waals surface area contributed by atoms with Gasteiger partial charge in [-0.15, -0.1) is 0 Å². The zero-order valence-electron chi connectivity index (χ0n) is 16.2. The lowest BCUT2D eigenvalue weighted by molar-refractivity contribution is 0.0941. The Morgan fingerprint density at radius 2 is 2.26 bits per heavy atom. The van der Waals surface area contributed by atoms with Crippen LogP contribution in [-0.2, 0) is 6.54 Å². The highest BCUT2D eigenvalue weighted by atomic mass is 16.5. The number of carbonyl (C=O) groups is 1. The van der Waals surface area contributed by atoms with E-state index >= 15 is 0 Å². The predicted octanol–water partition coefficient (Wildman–Crippen LogP) is 2.80. The normalized spacial score (nSPS) is 16.8. The quantitative estimate of drug-likeness (QED) is 0.848.